The lowest BCUT2D eigenvalue weighted by Crippen LogP contribution is -1.92. The molecule has 1 rings (SSSR count). The summed E-state index contributed by atoms with van der Waals surface area (Å²) in [4.78, 5) is 3.82. The SMILES string of the molecule is CN=Cc1cc(OC)cc(OC)c1O. The van der Waals surface area contributed by atoms with Crippen LogP contribution < -0.4 is 9.47 Å². The average Bonchev–Trinajstić information content (AvgIpc) is 2.21. The predicted molar refractivity (Wildman–Crippen MR) is 54.7 cm³/mol. The Morgan fingerprint density at radius 2 is 2.00 bits per heavy atom. The van der Waals surface area contributed by atoms with Gasteiger partial charge in [0.05, 0.1) is 14.2 Å². The first-order valence-corrected chi connectivity index (χ1v) is 4.10. The van der Waals surface area contributed by atoms with Crippen LogP contribution in [0.4, 0.5) is 0 Å². The normalized spacial score (nSPS) is 10.5. The molecular formula is C10H13NO3. The van der Waals surface area contributed by atoms with E-state index in [0.29, 0.717) is 17.1 Å². The molecule has 76 valence electrons. The van der Waals surface area contributed by atoms with Gasteiger partial charge in [0.2, 0.25) is 0 Å². The highest BCUT2D eigenvalue weighted by atomic mass is 16.5. The number of methoxy groups -OCH3 is 2. The monoisotopic (exact) mass is 195 g/mol. The second kappa shape index (κ2) is 4.50. The van der Waals surface area contributed by atoms with E-state index in [9.17, 15) is 5.11 Å². The third kappa shape index (κ3) is 1.96. The molecule has 0 aliphatic carbocycles. The van der Waals surface area contributed by atoms with Gasteiger partial charge in [0.25, 0.3) is 0 Å². The molecule has 0 unspecified atom stereocenters. The zero-order valence-corrected chi connectivity index (χ0v) is 8.44. The quantitative estimate of drug-likeness (QED) is 0.743. The maximum Gasteiger partial charge on any atom is 0.166 e. The number of ether oxygens (including phenoxy) is 2. The largest absolute Gasteiger partial charge is 0.504 e. The van der Waals surface area contributed by atoms with Crippen molar-refractivity contribution in [3.8, 4) is 17.2 Å². The maximum atomic E-state index is 9.67. The Balaban J connectivity index is 3.26. The molecule has 0 aliphatic rings. The molecule has 0 bridgehead atoms. The predicted octanol–water partition coefficient (Wildman–Crippen LogP) is 1.46. The van der Waals surface area contributed by atoms with E-state index in [0.717, 1.165) is 0 Å². The molecule has 0 spiro atoms. The zero-order valence-electron chi connectivity index (χ0n) is 8.44. The van der Waals surface area contributed by atoms with Crippen LogP contribution in [-0.2, 0) is 0 Å². The van der Waals surface area contributed by atoms with E-state index in [1.165, 1.54) is 7.11 Å². The molecule has 4 nitrogen and oxygen atoms in total. The van der Waals surface area contributed by atoms with Gasteiger partial charge < -0.3 is 14.6 Å². The first-order valence-electron chi connectivity index (χ1n) is 4.10. The Labute approximate surface area is 82.8 Å². The van der Waals surface area contributed by atoms with E-state index in [1.807, 2.05) is 0 Å². The second-order valence-corrected chi connectivity index (χ2v) is 2.65. The molecule has 0 aromatic heterocycles. The topological polar surface area (TPSA) is 51.0 Å². The lowest BCUT2D eigenvalue weighted by molar-refractivity contribution is 0.364. The third-order valence-electron chi connectivity index (χ3n) is 1.80. The average molecular weight is 195 g/mol. The Morgan fingerprint density at radius 1 is 1.29 bits per heavy atom. The molecule has 0 atom stereocenters. The van der Waals surface area contributed by atoms with Crippen LogP contribution in [0.1, 0.15) is 5.56 Å². The number of aromatic hydroxyl groups is 1. The van der Waals surface area contributed by atoms with Gasteiger partial charge in [-0.15, -0.1) is 0 Å². The smallest absolute Gasteiger partial charge is 0.166 e. The van der Waals surface area contributed by atoms with E-state index in [4.69, 9.17) is 9.47 Å². The highest BCUT2D eigenvalue weighted by Gasteiger charge is 2.08. The first kappa shape index (κ1) is 10.4. The number of nitrogens with zero attached hydrogens (tertiary/aromatic N) is 1. The summed E-state index contributed by atoms with van der Waals surface area (Å²) in [6, 6.07) is 3.30. The van der Waals surface area contributed by atoms with Crippen molar-refractivity contribution in [1.82, 2.24) is 0 Å². The molecule has 4 heteroatoms. The Morgan fingerprint density at radius 3 is 2.50 bits per heavy atom. The lowest BCUT2D eigenvalue weighted by Gasteiger charge is -2.08. The van der Waals surface area contributed by atoms with Gasteiger partial charge in [-0.2, -0.15) is 0 Å². The summed E-state index contributed by atoms with van der Waals surface area (Å²) in [5.41, 5.74) is 0.573. The second-order valence-electron chi connectivity index (χ2n) is 2.65. The van der Waals surface area contributed by atoms with Crippen molar-refractivity contribution in [1.29, 1.82) is 0 Å². The fourth-order valence-electron chi connectivity index (χ4n) is 1.11. The molecule has 1 aromatic rings. The standard InChI is InChI=1S/C10H13NO3/c1-11-6-7-4-8(13-2)5-9(14-3)10(7)12/h4-6,12H,1-3H3. The number of benzene rings is 1. The third-order valence-corrected chi connectivity index (χ3v) is 1.80. The van der Waals surface area contributed by atoms with E-state index in [1.54, 1.807) is 32.5 Å². The summed E-state index contributed by atoms with van der Waals surface area (Å²) in [6.07, 6.45) is 1.54. The minimum atomic E-state index is 0.0684. The Hall–Kier alpha value is -1.71. The van der Waals surface area contributed by atoms with Gasteiger partial charge in [0, 0.05) is 24.9 Å². The van der Waals surface area contributed by atoms with Crippen LogP contribution in [0, 0.1) is 0 Å². The molecule has 0 aliphatic heterocycles. The highest BCUT2D eigenvalue weighted by Crippen LogP contribution is 2.33. The van der Waals surface area contributed by atoms with Crippen LogP contribution >= 0.6 is 0 Å². The molecular weight excluding hydrogens is 182 g/mol. The van der Waals surface area contributed by atoms with Gasteiger partial charge >= 0.3 is 0 Å². The minimum Gasteiger partial charge on any atom is -0.504 e. The number of rotatable bonds is 3. The molecule has 0 saturated carbocycles. The first-order chi connectivity index (χ1) is 6.72. The Kier molecular flexibility index (Phi) is 3.34. The van der Waals surface area contributed by atoms with Gasteiger partial charge in [-0.3, -0.25) is 4.99 Å². The van der Waals surface area contributed by atoms with E-state index >= 15 is 0 Å². The van der Waals surface area contributed by atoms with Crippen molar-refractivity contribution in [3.05, 3.63) is 17.7 Å². The van der Waals surface area contributed by atoms with E-state index in [2.05, 4.69) is 4.99 Å². The minimum absolute atomic E-state index is 0.0684. The number of hydrogen-bond donors (Lipinski definition) is 1. The molecule has 14 heavy (non-hydrogen) atoms. The maximum absolute atomic E-state index is 9.67. The van der Waals surface area contributed by atoms with Gasteiger partial charge in [-0.25, -0.2) is 0 Å². The fourth-order valence-corrected chi connectivity index (χ4v) is 1.11. The summed E-state index contributed by atoms with van der Waals surface area (Å²) in [5, 5.41) is 9.67. The number of aliphatic imine (C=N–C) groups is 1. The van der Waals surface area contributed by atoms with Crippen LogP contribution in [0.5, 0.6) is 17.2 Å². The van der Waals surface area contributed by atoms with Gasteiger partial charge in [0.1, 0.15) is 5.75 Å². The van der Waals surface area contributed by atoms with Crippen molar-refractivity contribution < 1.29 is 14.6 Å². The van der Waals surface area contributed by atoms with Crippen LogP contribution in [0.15, 0.2) is 17.1 Å². The van der Waals surface area contributed by atoms with Crippen LogP contribution in [0.3, 0.4) is 0 Å². The van der Waals surface area contributed by atoms with Crippen molar-refractivity contribution in [2.75, 3.05) is 21.3 Å². The van der Waals surface area contributed by atoms with E-state index in [-0.39, 0.29) is 5.75 Å². The lowest BCUT2D eigenvalue weighted by atomic mass is 10.2. The van der Waals surface area contributed by atoms with Crippen molar-refractivity contribution in [2.45, 2.75) is 0 Å². The van der Waals surface area contributed by atoms with Crippen molar-refractivity contribution in [3.63, 3.8) is 0 Å². The molecule has 0 saturated heterocycles. The Bertz CT molecular complexity index is 347. The summed E-state index contributed by atoms with van der Waals surface area (Å²) in [6.45, 7) is 0. The number of phenolic OH excluding ortho intramolecular Hbond substituents is 1. The molecule has 0 radical (unpaired) electrons. The molecule has 0 amide bonds. The summed E-state index contributed by atoms with van der Waals surface area (Å²) < 4.78 is 10.0. The summed E-state index contributed by atoms with van der Waals surface area (Å²) in [5.74, 6) is 1.06. The molecule has 0 heterocycles. The van der Waals surface area contributed by atoms with Crippen LogP contribution in [-0.4, -0.2) is 32.6 Å². The summed E-state index contributed by atoms with van der Waals surface area (Å²) >= 11 is 0. The highest BCUT2D eigenvalue weighted by molar-refractivity contribution is 5.85. The molecule has 0 fully saturated rings. The van der Waals surface area contributed by atoms with Gasteiger partial charge in [-0.05, 0) is 6.07 Å². The van der Waals surface area contributed by atoms with E-state index < -0.39 is 0 Å². The summed E-state index contributed by atoms with van der Waals surface area (Å²) in [7, 11) is 4.67. The molecule has 1 aromatic carbocycles. The van der Waals surface area contributed by atoms with Crippen molar-refractivity contribution >= 4 is 6.21 Å². The van der Waals surface area contributed by atoms with Crippen molar-refractivity contribution in [2.24, 2.45) is 4.99 Å². The zero-order chi connectivity index (χ0) is 10.6. The fraction of sp³-hybridized carbons (Fsp3) is 0.300. The van der Waals surface area contributed by atoms with Gasteiger partial charge in [0.15, 0.2) is 11.5 Å². The number of phenols is 1. The number of hydrogen-bond acceptors (Lipinski definition) is 4. The van der Waals surface area contributed by atoms with Crippen LogP contribution in [0.25, 0.3) is 0 Å². The molecule has 1 N–H and O–H groups in total. The van der Waals surface area contributed by atoms with Crippen LogP contribution in [0.2, 0.25) is 0 Å². The van der Waals surface area contributed by atoms with Gasteiger partial charge in [-0.1, -0.05) is 0 Å².